The lowest BCUT2D eigenvalue weighted by Crippen LogP contribution is -2.29. The van der Waals surface area contributed by atoms with Gasteiger partial charge in [-0.1, -0.05) is 15.9 Å². The third-order valence-corrected chi connectivity index (χ3v) is 2.40. The molecule has 1 aromatic carbocycles. The average molecular weight is 258 g/mol. The van der Waals surface area contributed by atoms with Crippen LogP contribution in [0.3, 0.4) is 0 Å². The summed E-state index contributed by atoms with van der Waals surface area (Å²) >= 11 is 3.30. The summed E-state index contributed by atoms with van der Waals surface area (Å²) in [6, 6.07) is 7.14. The Kier molecular flexibility index (Phi) is 4.10. The maximum atomic E-state index is 11.6. The highest BCUT2D eigenvalue weighted by Gasteiger charge is 2.09. The number of aliphatic hydroxyl groups is 1. The third kappa shape index (κ3) is 2.82. The van der Waals surface area contributed by atoms with Crippen molar-refractivity contribution in [1.82, 2.24) is 4.90 Å². The molecule has 4 heteroatoms. The molecule has 0 atom stereocenters. The molecule has 0 heterocycles. The van der Waals surface area contributed by atoms with Gasteiger partial charge in [0.2, 0.25) is 0 Å². The van der Waals surface area contributed by atoms with Crippen LogP contribution in [0.1, 0.15) is 10.4 Å². The molecule has 0 aromatic heterocycles. The van der Waals surface area contributed by atoms with Crippen LogP contribution in [0.5, 0.6) is 0 Å². The first-order valence-electron chi connectivity index (χ1n) is 4.27. The molecule has 0 aliphatic heterocycles. The van der Waals surface area contributed by atoms with Crippen molar-refractivity contribution in [2.45, 2.75) is 0 Å². The largest absolute Gasteiger partial charge is 0.395 e. The summed E-state index contributed by atoms with van der Waals surface area (Å²) in [5, 5.41) is 8.68. The molecule has 3 nitrogen and oxygen atoms in total. The van der Waals surface area contributed by atoms with Gasteiger partial charge in [0.05, 0.1) is 6.61 Å². The van der Waals surface area contributed by atoms with Crippen LogP contribution < -0.4 is 0 Å². The molecular weight excluding hydrogens is 246 g/mol. The molecule has 0 bridgehead atoms. The van der Waals surface area contributed by atoms with Gasteiger partial charge < -0.3 is 10.0 Å². The number of aliphatic hydroxyl groups excluding tert-OH is 1. The molecular formula is C10H12BrNO2. The van der Waals surface area contributed by atoms with Crippen molar-refractivity contribution in [3.63, 3.8) is 0 Å². The molecule has 14 heavy (non-hydrogen) atoms. The summed E-state index contributed by atoms with van der Waals surface area (Å²) in [6.45, 7) is 0.341. The number of nitrogens with zero attached hydrogens (tertiary/aromatic N) is 1. The third-order valence-electron chi connectivity index (χ3n) is 1.87. The molecule has 0 aliphatic rings. The summed E-state index contributed by atoms with van der Waals surface area (Å²) in [5.74, 6) is -0.0773. The highest BCUT2D eigenvalue weighted by Crippen LogP contribution is 2.11. The number of benzene rings is 1. The van der Waals surface area contributed by atoms with Crippen LogP contribution in [0.4, 0.5) is 0 Å². The molecule has 1 N–H and O–H groups in total. The smallest absolute Gasteiger partial charge is 0.253 e. The molecule has 0 radical (unpaired) electrons. The van der Waals surface area contributed by atoms with Crippen LogP contribution in [-0.2, 0) is 0 Å². The molecule has 76 valence electrons. The number of halogens is 1. The maximum absolute atomic E-state index is 11.6. The van der Waals surface area contributed by atoms with Gasteiger partial charge in [-0.15, -0.1) is 0 Å². The number of amides is 1. The van der Waals surface area contributed by atoms with Crippen LogP contribution in [0, 0.1) is 0 Å². The van der Waals surface area contributed by atoms with Crippen molar-refractivity contribution in [1.29, 1.82) is 0 Å². The van der Waals surface area contributed by atoms with Crippen molar-refractivity contribution in [3.05, 3.63) is 34.3 Å². The monoisotopic (exact) mass is 257 g/mol. The Labute approximate surface area is 91.5 Å². The Bertz CT molecular complexity index is 310. The van der Waals surface area contributed by atoms with Crippen LogP contribution in [0.25, 0.3) is 0 Å². The lowest BCUT2D eigenvalue weighted by molar-refractivity contribution is 0.0767. The Morgan fingerprint density at radius 2 is 2.00 bits per heavy atom. The van der Waals surface area contributed by atoms with E-state index < -0.39 is 0 Å². The van der Waals surface area contributed by atoms with Gasteiger partial charge in [0.15, 0.2) is 0 Å². The zero-order chi connectivity index (χ0) is 10.6. The molecule has 0 saturated heterocycles. The Hall–Kier alpha value is -0.870. The lowest BCUT2D eigenvalue weighted by Gasteiger charge is -2.15. The summed E-state index contributed by atoms with van der Waals surface area (Å²) in [4.78, 5) is 13.1. The lowest BCUT2D eigenvalue weighted by atomic mass is 10.2. The normalized spacial score (nSPS) is 9.93. The Balaban J connectivity index is 2.74. The summed E-state index contributed by atoms with van der Waals surface area (Å²) < 4.78 is 0.943. The molecule has 0 unspecified atom stereocenters. The van der Waals surface area contributed by atoms with E-state index in [-0.39, 0.29) is 12.5 Å². The zero-order valence-corrected chi connectivity index (χ0v) is 9.49. The zero-order valence-electron chi connectivity index (χ0n) is 7.90. The Morgan fingerprint density at radius 1 is 1.43 bits per heavy atom. The predicted molar refractivity (Wildman–Crippen MR) is 58.2 cm³/mol. The summed E-state index contributed by atoms with van der Waals surface area (Å²) in [7, 11) is 1.67. The fraction of sp³-hybridized carbons (Fsp3) is 0.300. The van der Waals surface area contributed by atoms with Crippen LogP contribution in [0.2, 0.25) is 0 Å². The summed E-state index contributed by atoms with van der Waals surface area (Å²) in [5.41, 5.74) is 0.629. The van der Waals surface area contributed by atoms with E-state index in [1.54, 1.807) is 19.2 Å². The molecule has 0 saturated carbocycles. The second kappa shape index (κ2) is 5.12. The topological polar surface area (TPSA) is 40.5 Å². The van der Waals surface area contributed by atoms with Crippen LogP contribution in [0.15, 0.2) is 28.7 Å². The van der Waals surface area contributed by atoms with E-state index in [2.05, 4.69) is 15.9 Å². The van der Waals surface area contributed by atoms with Crippen LogP contribution in [-0.4, -0.2) is 36.1 Å². The minimum Gasteiger partial charge on any atom is -0.395 e. The fourth-order valence-electron chi connectivity index (χ4n) is 1.06. The predicted octanol–water partition coefficient (Wildman–Crippen LogP) is 1.51. The maximum Gasteiger partial charge on any atom is 0.253 e. The first-order valence-corrected chi connectivity index (χ1v) is 5.06. The molecule has 0 aliphatic carbocycles. The Morgan fingerprint density at radius 3 is 2.50 bits per heavy atom. The molecule has 1 aromatic rings. The second-order valence-electron chi connectivity index (χ2n) is 2.96. The van der Waals surface area contributed by atoms with Gasteiger partial charge in [-0.05, 0) is 24.3 Å². The number of carbonyl (C=O) groups excluding carboxylic acids is 1. The highest BCUT2D eigenvalue weighted by molar-refractivity contribution is 9.10. The fourth-order valence-corrected chi connectivity index (χ4v) is 1.33. The van der Waals surface area contributed by atoms with Gasteiger partial charge in [-0.3, -0.25) is 4.79 Å². The van der Waals surface area contributed by atoms with Crippen molar-refractivity contribution >= 4 is 21.8 Å². The van der Waals surface area contributed by atoms with E-state index in [4.69, 9.17) is 5.11 Å². The number of carbonyl (C=O) groups is 1. The van der Waals surface area contributed by atoms with Gasteiger partial charge in [0, 0.05) is 23.6 Å². The first-order chi connectivity index (χ1) is 6.65. The van der Waals surface area contributed by atoms with Crippen molar-refractivity contribution in [2.75, 3.05) is 20.2 Å². The van der Waals surface area contributed by atoms with Gasteiger partial charge in [-0.25, -0.2) is 0 Å². The molecule has 1 amide bonds. The number of hydrogen-bond acceptors (Lipinski definition) is 2. The highest BCUT2D eigenvalue weighted by atomic mass is 79.9. The van der Waals surface area contributed by atoms with Crippen LogP contribution >= 0.6 is 15.9 Å². The van der Waals surface area contributed by atoms with Gasteiger partial charge in [0.25, 0.3) is 5.91 Å². The van der Waals surface area contributed by atoms with Crippen molar-refractivity contribution < 1.29 is 9.90 Å². The van der Waals surface area contributed by atoms with E-state index >= 15 is 0 Å². The standard InChI is InChI=1S/C10H12BrNO2/c1-12(6-7-13)10(14)8-2-4-9(11)5-3-8/h2-5,13H,6-7H2,1H3. The van der Waals surface area contributed by atoms with Crippen molar-refractivity contribution in [2.24, 2.45) is 0 Å². The first kappa shape index (κ1) is 11.2. The molecule has 0 fully saturated rings. The van der Waals surface area contributed by atoms with E-state index in [1.165, 1.54) is 4.90 Å². The number of rotatable bonds is 3. The van der Waals surface area contributed by atoms with E-state index in [0.717, 1.165) is 4.47 Å². The van der Waals surface area contributed by atoms with E-state index in [0.29, 0.717) is 12.1 Å². The second-order valence-corrected chi connectivity index (χ2v) is 3.87. The van der Waals surface area contributed by atoms with Gasteiger partial charge in [0.1, 0.15) is 0 Å². The number of likely N-dealkylation sites (N-methyl/N-ethyl adjacent to an activating group) is 1. The SMILES string of the molecule is CN(CCO)C(=O)c1ccc(Br)cc1. The summed E-state index contributed by atoms with van der Waals surface area (Å²) in [6.07, 6.45) is 0. The molecule has 1 rings (SSSR count). The van der Waals surface area contributed by atoms with Gasteiger partial charge in [-0.2, -0.15) is 0 Å². The average Bonchev–Trinajstić information content (AvgIpc) is 2.18. The van der Waals surface area contributed by atoms with Gasteiger partial charge >= 0.3 is 0 Å². The van der Waals surface area contributed by atoms with E-state index in [9.17, 15) is 4.79 Å². The van der Waals surface area contributed by atoms with Crippen molar-refractivity contribution in [3.8, 4) is 0 Å². The van der Waals surface area contributed by atoms with E-state index in [1.807, 2.05) is 12.1 Å². The minimum absolute atomic E-state index is 0.0151. The molecule has 0 spiro atoms. The quantitative estimate of drug-likeness (QED) is 0.892. The number of hydrogen-bond donors (Lipinski definition) is 1. The minimum atomic E-state index is -0.0773.